The Labute approximate surface area is 101 Å². The van der Waals surface area contributed by atoms with E-state index in [9.17, 15) is 14.7 Å². The normalized spacial score (nSPS) is 35.0. The summed E-state index contributed by atoms with van der Waals surface area (Å²) >= 11 is 0. The lowest BCUT2D eigenvalue weighted by atomic mass is 9.82. The van der Waals surface area contributed by atoms with Crippen LogP contribution in [0.3, 0.4) is 0 Å². The Kier molecular flexibility index (Phi) is 2.76. The van der Waals surface area contributed by atoms with Crippen LogP contribution in [0.4, 0.5) is 0 Å². The Morgan fingerprint density at radius 1 is 1.18 bits per heavy atom. The molecule has 2 aliphatic rings. The standard InChI is InChI=1S/C13H19NO3/c1-13(2,3)14-11(15)9-7-4-5-8(6-7)10(9)12(16)17/h4-5,7-10H,6H2,1-3H3,(H,14,15)(H,16,17). The lowest BCUT2D eigenvalue weighted by Crippen LogP contribution is -2.47. The van der Waals surface area contributed by atoms with Crippen molar-refractivity contribution in [1.29, 1.82) is 0 Å². The fourth-order valence-corrected chi connectivity index (χ4v) is 2.97. The van der Waals surface area contributed by atoms with Crippen molar-refractivity contribution in [2.75, 3.05) is 0 Å². The van der Waals surface area contributed by atoms with Crippen molar-refractivity contribution in [3.05, 3.63) is 12.2 Å². The third-order valence-electron chi connectivity index (χ3n) is 3.55. The van der Waals surface area contributed by atoms with Crippen molar-refractivity contribution >= 4 is 11.9 Å². The number of amides is 1. The lowest BCUT2D eigenvalue weighted by molar-refractivity contribution is -0.148. The average Bonchev–Trinajstić information content (AvgIpc) is 2.72. The number of aliphatic carboxylic acids is 1. The van der Waals surface area contributed by atoms with Crippen LogP contribution < -0.4 is 5.32 Å². The van der Waals surface area contributed by atoms with Crippen LogP contribution in [0.1, 0.15) is 27.2 Å². The van der Waals surface area contributed by atoms with Crippen molar-refractivity contribution in [3.63, 3.8) is 0 Å². The molecule has 0 spiro atoms. The topological polar surface area (TPSA) is 66.4 Å². The molecule has 0 radical (unpaired) electrons. The Bertz CT molecular complexity index is 381. The summed E-state index contributed by atoms with van der Waals surface area (Å²) in [5, 5.41) is 12.1. The Hall–Kier alpha value is -1.32. The number of allylic oxidation sites excluding steroid dienone is 2. The monoisotopic (exact) mass is 237 g/mol. The van der Waals surface area contributed by atoms with Gasteiger partial charge in [0.1, 0.15) is 0 Å². The number of carboxylic acid groups (broad SMARTS) is 1. The second-order valence-electron chi connectivity index (χ2n) is 6.08. The molecule has 0 aliphatic heterocycles. The summed E-state index contributed by atoms with van der Waals surface area (Å²) in [6.07, 6.45) is 4.75. The van der Waals surface area contributed by atoms with Gasteiger partial charge in [0.15, 0.2) is 0 Å². The number of fused-ring (bicyclic) bond motifs is 2. The van der Waals surface area contributed by atoms with Crippen LogP contribution in [0, 0.1) is 23.7 Å². The number of hydrogen-bond donors (Lipinski definition) is 2. The fourth-order valence-electron chi connectivity index (χ4n) is 2.97. The van der Waals surface area contributed by atoms with Crippen LogP contribution in [0.5, 0.6) is 0 Å². The van der Waals surface area contributed by atoms with Gasteiger partial charge in [-0.25, -0.2) is 0 Å². The summed E-state index contributed by atoms with van der Waals surface area (Å²) in [6, 6.07) is 0. The van der Waals surface area contributed by atoms with E-state index in [0.717, 1.165) is 6.42 Å². The highest BCUT2D eigenvalue weighted by Gasteiger charge is 2.51. The minimum Gasteiger partial charge on any atom is -0.481 e. The number of carboxylic acids is 1. The van der Waals surface area contributed by atoms with Crippen molar-refractivity contribution < 1.29 is 14.7 Å². The van der Waals surface area contributed by atoms with Gasteiger partial charge in [-0.1, -0.05) is 12.2 Å². The second kappa shape index (κ2) is 3.86. The average molecular weight is 237 g/mol. The van der Waals surface area contributed by atoms with Crippen LogP contribution in [0.15, 0.2) is 12.2 Å². The van der Waals surface area contributed by atoms with Gasteiger partial charge in [0.05, 0.1) is 11.8 Å². The van der Waals surface area contributed by atoms with E-state index in [4.69, 9.17) is 0 Å². The van der Waals surface area contributed by atoms with E-state index in [-0.39, 0.29) is 23.3 Å². The molecule has 17 heavy (non-hydrogen) atoms. The zero-order valence-corrected chi connectivity index (χ0v) is 10.4. The summed E-state index contributed by atoms with van der Waals surface area (Å²) in [5.41, 5.74) is -0.314. The summed E-state index contributed by atoms with van der Waals surface area (Å²) in [5.74, 6) is -1.79. The van der Waals surface area contributed by atoms with Gasteiger partial charge in [-0.2, -0.15) is 0 Å². The van der Waals surface area contributed by atoms with Crippen molar-refractivity contribution in [3.8, 4) is 0 Å². The molecule has 2 bridgehead atoms. The number of carbonyl (C=O) groups excluding carboxylic acids is 1. The van der Waals surface area contributed by atoms with Crippen LogP contribution in [-0.2, 0) is 9.59 Å². The van der Waals surface area contributed by atoms with Crippen LogP contribution >= 0.6 is 0 Å². The Balaban J connectivity index is 2.17. The first kappa shape index (κ1) is 12.1. The highest BCUT2D eigenvalue weighted by Crippen LogP contribution is 2.48. The Morgan fingerprint density at radius 3 is 2.18 bits per heavy atom. The molecule has 94 valence electrons. The van der Waals surface area contributed by atoms with Gasteiger partial charge in [-0.15, -0.1) is 0 Å². The molecule has 1 saturated carbocycles. The maximum Gasteiger partial charge on any atom is 0.307 e. The van der Waals surface area contributed by atoms with Crippen molar-refractivity contribution in [1.82, 2.24) is 5.32 Å². The molecule has 0 saturated heterocycles. The molecule has 1 amide bonds. The number of carbonyl (C=O) groups is 2. The maximum atomic E-state index is 12.2. The maximum absolute atomic E-state index is 12.2. The third kappa shape index (κ3) is 2.21. The predicted octanol–water partition coefficient (Wildman–Crippen LogP) is 1.42. The highest BCUT2D eigenvalue weighted by molar-refractivity contribution is 5.87. The molecule has 2 aliphatic carbocycles. The molecular weight excluding hydrogens is 218 g/mol. The smallest absolute Gasteiger partial charge is 0.307 e. The zero-order valence-electron chi connectivity index (χ0n) is 10.4. The fraction of sp³-hybridized carbons (Fsp3) is 0.692. The molecular formula is C13H19NO3. The van der Waals surface area contributed by atoms with Crippen molar-refractivity contribution in [2.24, 2.45) is 23.7 Å². The Morgan fingerprint density at radius 2 is 1.71 bits per heavy atom. The van der Waals surface area contributed by atoms with E-state index in [2.05, 4.69) is 5.32 Å². The second-order valence-corrected chi connectivity index (χ2v) is 6.08. The van der Waals surface area contributed by atoms with E-state index in [1.807, 2.05) is 32.9 Å². The first-order valence-corrected chi connectivity index (χ1v) is 6.03. The van der Waals surface area contributed by atoms with Gasteiger partial charge in [-0.3, -0.25) is 9.59 Å². The van der Waals surface area contributed by atoms with E-state index in [0.29, 0.717) is 0 Å². The number of rotatable bonds is 2. The molecule has 4 nitrogen and oxygen atoms in total. The summed E-state index contributed by atoms with van der Waals surface area (Å²) < 4.78 is 0. The molecule has 0 aromatic rings. The molecule has 1 fully saturated rings. The SMILES string of the molecule is CC(C)(C)NC(=O)C1C2C=CC(C2)C1C(=O)O. The van der Waals surface area contributed by atoms with Crippen molar-refractivity contribution in [2.45, 2.75) is 32.7 Å². The van der Waals surface area contributed by atoms with E-state index < -0.39 is 17.8 Å². The lowest BCUT2D eigenvalue weighted by Gasteiger charge is -2.28. The highest BCUT2D eigenvalue weighted by atomic mass is 16.4. The van der Waals surface area contributed by atoms with Gasteiger partial charge in [0, 0.05) is 5.54 Å². The predicted molar refractivity (Wildman–Crippen MR) is 63.2 cm³/mol. The van der Waals surface area contributed by atoms with Crippen LogP contribution in [-0.4, -0.2) is 22.5 Å². The largest absolute Gasteiger partial charge is 0.481 e. The quantitative estimate of drug-likeness (QED) is 0.714. The first-order chi connectivity index (χ1) is 7.79. The number of hydrogen-bond acceptors (Lipinski definition) is 2. The van der Waals surface area contributed by atoms with Gasteiger partial charge in [0.25, 0.3) is 0 Å². The van der Waals surface area contributed by atoms with Gasteiger partial charge >= 0.3 is 5.97 Å². The van der Waals surface area contributed by atoms with E-state index >= 15 is 0 Å². The number of nitrogens with one attached hydrogen (secondary N) is 1. The molecule has 4 unspecified atom stereocenters. The van der Waals surface area contributed by atoms with Crippen LogP contribution in [0.2, 0.25) is 0 Å². The van der Waals surface area contributed by atoms with Gasteiger partial charge in [-0.05, 0) is 39.0 Å². The van der Waals surface area contributed by atoms with E-state index in [1.165, 1.54) is 0 Å². The van der Waals surface area contributed by atoms with Gasteiger partial charge < -0.3 is 10.4 Å². The zero-order chi connectivity index (χ0) is 12.8. The summed E-state index contributed by atoms with van der Waals surface area (Å²) in [7, 11) is 0. The summed E-state index contributed by atoms with van der Waals surface area (Å²) in [6.45, 7) is 5.72. The van der Waals surface area contributed by atoms with Crippen LogP contribution in [0.25, 0.3) is 0 Å². The molecule has 0 aromatic carbocycles. The summed E-state index contributed by atoms with van der Waals surface area (Å²) in [4.78, 5) is 23.4. The molecule has 4 atom stereocenters. The third-order valence-corrected chi connectivity index (χ3v) is 3.55. The molecule has 4 heteroatoms. The minimum atomic E-state index is -0.851. The first-order valence-electron chi connectivity index (χ1n) is 6.03. The van der Waals surface area contributed by atoms with E-state index in [1.54, 1.807) is 0 Å². The molecule has 0 heterocycles. The van der Waals surface area contributed by atoms with Gasteiger partial charge in [0.2, 0.25) is 5.91 Å². The molecule has 2 rings (SSSR count). The minimum absolute atomic E-state index is 0.0354. The molecule has 0 aromatic heterocycles. The molecule has 2 N–H and O–H groups in total.